The summed E-state index contributed by atoms with van der Waals surface area (Å²) in [7, 11) is 0. The Hall–Kier alpha value is -0.500. The summed E-state index contributed by atoms with van der Waals surface area (Å²) in [6, 6.07) is 0. The number of halogens is 9. The molecule has 0 radical (unpaired) electrons. The number of alkyl halides is 9. The molecule has 1 aliphatic rings. The van der Waals surface area contributed by atoms with E-state index >= 15 is 0 Å². The monoisotopic (exact) mass is 493 g/mol. The van der Waals surface area contributed by atoms with Crippen LogP contribution in [0.1, 0.15) is 11.4 Å². The molecule has 0 saturated heterocycles. The van der Waals surface area contributed by atoms with Gasteiger partial charge in [-0.1, -0.05) is 43.2 Å². The van der Waals surface area contributed by atoms with E-state index in [4.69, 9.17) is 0 Å². The Morgan fingerprint density at radius 3 is 2.13 bits per heavy atom. The van der Waals surface area contributed by atoms with Gasteiger partial charge in [0, 0.05) is 0 Å². The van der Waals surface area contributed by atoms with Gasteiger partial charge in [0.25, 0.3) is 0 Å². The minimum absolute atomic E-state index is 0.258. The second-order valence-corrected chi connectivity index (χ2v) is 9.44. The Labute approximate surface area is 144 Å². The number of nitrogens with zero attached hydrogens (tertiary/aromatic N) is 2. The first-order chi connectivity index (χ1) is 10.2. The van der Waals surface area contributed by atoms with Crippen LogP contribution in [0.2, 0.25) is 0 Å². The summed E-state index contributed by atoms with van der Waals surface area (Å²) >= 11 is 6.00. The second-order valence-electron chi connectivity index (χ2n) is 4.57. The topological polar surface area (TPSA) is 54.9 Å². The van der Waals surface area contributed by atoms with Crippen LogP contribution >= 0.6 is 43.2 Å². The number of nitrogens with one attached hydrogen (secondary N) is 1. The lowest BCUT2D eigenvalue weighted by Gasteiger charge is -2.25. The average Bonchev–Trinajstić information content (AvgIpc) is 2.81. The first-order valence-corrected chi connectivity index (χ1v) is 7.95. The SMILES string of the molecule is O=C(Nc1nnc(C(F)(F)C(F)(F)C(F)(F)F)s1)C1CC1(Br)Br. The van der Waals surface area contributed by atoms with Crippen molar-refractivity contribution < 1.29 is 35.5 Å². The quantitative estimate of drug-likeness (QED) is 0.502. The first kappa shape index (κ1) is 18.8. The van der Waals surface area contributed by atoms with Crippen LogP contribution in [-0.4, -0.2) is 31.4 Å². The molecular formula is C9H4Br2F7N3OS. The Morgan fingerprint density at radius 1 is 1.17 bits per heavy atom. The number of carbonyl (C=O) groups is 1. The van der Waals surface area contributed by atoms with Gasteiger partial charge >= 0.3 is 18.0 Å². The molecule has 1 N–H and O–H groups in total. The lowest BCUT2D eigenvalue weighted by molar-refractivity contribution is -0.359. The lowest BCUT2D eigenvalue weighted by atomic mass is 10.2. The predicted octanol–water partition coefficient (Wildman–Crippen LogP) is 4.27. The van der Waals surface area contributed by atoms with Crippen LogP contribution in [0.25, 0.3) is 0 Å². The maximum atomic E-state index is 13.4. The van der Waals surface area contributed by atoms with Crippen LogP contribution in [0.3, 0.4) is 0 Å². The van der Waals surface area contributed by atoms with Gasteiger partial charge in [0.15, 0.2) is 5.01 Å². The van der Waals surface area contributed by atoms with E-state index in [0.29, 0.717) is 6.42 Å². The summed E-state index contributed by atoms with van der Waals surface area (Å²) in [5.41, 5.74) is 0. The van der Waals surface area contributed by atoms with Crippen LogP contribution in [0.4, 0.5) is 35.9 Å². The van der Waals surface area contributed by atoms with Crippen molar-refractivity contribution >= 4 is 54.2 Å². The fourth-order valence-electron chi connectivity index (χ4n) is 1.40. The summed E-state index contributed by atoms with van der Waals surface area (Å²) in [5, 5.41) is 5.21. The molecule has 1 unspecified atom stereocenters. The normalized spacial score (nSPS) is 21.2. The van der Waals surface area contributed by atoms with E-state index in [0.717, 1.165) is 0 Å². The van der Waals surface area contributed by atoms with Crippen molar-refractivity contribution in [3.05, 3.63) is 5.01 Å². The summed E-state index contributed by atoms with van der Waals surface area (Å²) in [5.74, 6) is -13.2. The number of aromatic nitrogens is 2. The van der Waals surface area contributed by atoms with Crippen LogP contribution < -0.4 is 5.32 Å². The first-order valence-electron chi connectivity index (χ1n) is 5.55. The third-order valence-electron chi connectivity index (χ3n) is 2.82. The molecule has 14 heteroatoms. The molecule has 1 aromatic rings. The van der Waals surface area contributed by atoms with E-state index in [1.807, 2.05) is 5.32 Å². The van der Waals surface area contributed by atoms with Gasteiger partial charge in [-0.25, -0.2) is 0 Å². The van der Waals surface area contributed by atoms with Crippen LogP contribution in [-0.2, 0) is 10.7 Å². The summed E-state index contributed by atoms with van der Waals surface area (Å²) in [6.45, 7) is 0. The van der Waals surface area contributed by atoms with Gasteiger partial charge < -0.3 is 5.32 Å². The fourth-order valence-corrected chi connectivity index (χ4v) is 3.22. The van der Waals surface area contributed by atoms with E-state index < -0.39 is 43.2 Å². The van der Waals surface area contributed by atoms with Gasteiger partial charge in [-0.3, -0.25) is 4.79 Å². The molecule has 1 heterocycles. The zero-order chi connectivity index (χ0) is 17.8. The predicted molar refractivity (Wildman–Crippen MR) is 72.1 cm³/mol. The number of hydrogen-bond acceptors (Lipinski definition) is 4. The molecule has 130 valence electrons. The molecule has 2 rings (SSSR count). The van der Waals surface area contributed by atoms with Crippen molar-refractivity contribution in [3.63, 3.8) is 0 Å². The van der Waals surface area contributed by atoms with Crippen molar-refractivity contribution in [1.82, 2.24) is 10.2 Å². The van der Waals surface area contributed by atoms with E-state index in [9.17, 15) is 35.5 Å². The Kier molecular flexibility index (Phi) is 4.51. The van der Waals surface area contributed by atoms with E-state index in [2.05, 4.69) is 42.1 Å². The highest BCUT2D eigenvalue weighted by Gasteiger charge is 2.75. The molecule has 0 spiro atoms. The zero-order valence-corrected chi connectivity index (χ0v) is 14.4. The highest BCUT2D eigenvalue weighted by Crippen LogP contribution is 2.57. The van der Waals surface area contributed by atoms with Crippen molar-refractivity contribution in [2.75, 3.05) is 5.32 Å². The Balaban J connectivity index is 2.17. The van der Waals surface area contributed by atoms with Crippen LogP contribution in [0, 0.1) is 5.92 Å². The number of amides is 1. The number of rotatable bonds is 4. The molecule has 1 aliphatic carbocycles. The zero-order valence-electron chi connectivity index (χ0n) is 10.4. The van der Waals surface area contributed by atoms with E-state index in [1.165, 1.54) is 0 Å². The molecule has 23 heavy (non-hydrogen) atoms. The van der Waals surface area contributed by atoms with Crippen molar-refractivity contribution in [2.24, 2.45) is 5.92 Å². The molecule has 1 saturated carbocycles. The molecular weight excluding hydrogens is 491 g/mol. The minimum atomic E-state index is -6.47. The van der Waals surface area contributed by atoms with Gasteiger partial charge in [0.05, 0.1) is 9.15 Å². The van der Waals surface area contributed by atoms with E-state index in [1.54, 1.807) is 0 Å². The Bertz CT molecular complexity index is 633. The van der Waals surface area contributed by atoms with Gasteiger partial charge in [-0.15, -0.1) is 10.2 Å². The molecule has 1 fully saturated rings. The molecule has 1 amide bonds. The molecule has 0 bridgehead atoms. The maximum absolute atomic E-state index is 13.4. The van der Waals surface area contributed by atoms with Crippen molar-refractivity contribution in [1.29, 1.82) is 0 Å². The molecule has 1 aromatic heterocycles. The fraction of sp³-hybridized carbons (Fsp3) is 0.667. The van der Waals surface area contributed by atoms with Crippen molar-refractivity contribution in [2.45, 2.75) is 27.7 Å². The van der Waals surface area contributed by atoms with Gasteiger partial charge in [-0.2, -0.15) is 30.7 Å². The van der Waals surface area contributed by atoms with Crippen LogP contribution in [0.5, 0.6) is 0 Å². The van der Waals surface area contributed by atoms with Crippen LogP contribution in [0.15, 0.2) is 0 Å². The number of anilines is 1. The van der Waals surface area contributed by atoms with Gasteiger partial charge in [-0.05, 0) is 6.42 Å². The second kappa shape index (κ2) is 5.51. The lowest BCUT2D eigenvalue weighted by Crippen LogP contribution is -2.50. The van der Waals surface area contributed by atoms with Gasteiger partial charge in [0.1, 0.15) is 0 Å². The molecule has 4 nitrogen and oxygen atoms in total. The highest BCUT2D eigenvalue weighted by molar-refractivity contribution is 9.25. The average molecular weight is 495 g/mol. The summed E-state index contributed by atoms with van der Waals surface area (Å²) in [6.07, 6.45) is -6.10. The Morgan fingerprint density at radius 2 is 1.70 bits per heavy atom. The summed E-state index contributed by atoms with van der Waals surface area (Å²) in [4.78, 5) is 11.7. The molecule has 1 atom stereocenters. The maximum Gasteiger partial charge on any atom is 0.460 e. The number of carbonyl (C=O) groups excluding carboxylic acids is 1. The smallest absolute Gasteiger partial charge is 0.300 e. The third kappa shape index (κ3) is 3.34. The van der Waals surface area contributed by atoms with Gasteiger partial charge in [0.2, 0.25) is 11.0 Å². The van der Waals surface area contributed by atoms with E-state index in [-0.39, 0.29) is 11.3 Å². The molecule has 0 aliphatic heterocycles. The van der Waals surface area contributed by atoms with Crippen molar-refractivity contribution in [3.8, 4) is 0 Å². The minimum Gasteiger partial charge on any atom is -0.300 e. The largest absolute Gasteiger partial charge is 0.460 e. The summed E-state index contributed by atoms with van der Waals surface area (Å²) < 4.78 is 88.1. The third-order valence-corrected chi connectivity index (χ3v) is 5.48. The standard InChI is InChI=1S/C9H4Br2F7N3OS/c10-6(11)1-2(6)3(22)19-5-21-20-4(23-5)7(12,13)8(14,15)9(16,17)18/h2H,1H2,(H,19,21,22). The number of hydrogen-bond donors (Lipinski definition) is 1. The highest BCUT2D eigenvalue weighted by atomic mass is 79.9. The molecule has 0 aromatic carbocycles.